The average Bonchev–Trinajstić information content (AvgIpc) is 2.98. The fraction of sp³-hybridized carbons (Fsp3) is 0.222. The van der Waals surface area contributed by atoms with Crippen molar-refractivity contribution >= 4 is 34.0 Å². The largest absolute Gasteiger partial charge is 0.383 e. The summed E-state index contributed by atoms with van der Waals surface area (Å²) >= 11 is 0. The molecule has 0 aliphatic carbocycles. The van der Waals surface area contributed by atoms with Gasteiger partial charge in [0.1, 0.15) is 0 Å². The van der Waals surface area contributed by atoms with Crippen LogP contribution in [0.2, 0.25) is 0 Å². The summed E-state index contributed by atoms with van der Waals surface area (Å²) in [7, 11) is 1.84. The van der Waals surface area contributed by atoms with Gasteiger partial charge in [-0.25, -0.2) is 0 Å². The summed E-state index contributed by atoms with van der Waals surface area (Å²) in [5.41, 5.74) is 11.0. The van der Waals surface area contributed by atoms with Crippen LogP contribution in [0.4, 0.5) is 17.2 Å². The van der Waals surface area contributed by atoms with Gasteiger partial charge in [0.2, 0.25) is 0 Å². The maximum atomic E-state index is 12.6. The van der Waals surface area contributed by atoms with Gasteiger partial charge in [0, 0.05) is 24.5 Å². The number of nitrogens with zero attached hydrogens (tertiary/aromatic N) is 2. The molecule has 0 saturated carbocycles. The molecule has 136 valence electrons. The van der Waals surface area contributed by atoms with E-state index in [0.29, 0.717) is 23.6 Å². The number of rotatable bonds is 7. The summed E-state index contributed by atoms with van der Waals surface area (Å²) in [6.45, 7) is 1.34. The maximum Gasteiger partial charge on any atom is 0.256 e. The van der Waals surface area contributed by atoms with Crippen molar-refractivity contribution in [3.63, 3.8) is 0 Å². The lowest BCUT2D eigenvalue weighted by molar-refractivity contribution is 0.102. The van der Waals surface area contributed by atoms with Crippen molar-refractivity contribution in [2.75, 3.05) is 29.1 Å². The number of nitrogen functional groups attached to an aromatic ring is 1. The molecule has 0 aliphatic rings. The molecule has 3 aromatic rings. The normalized spacial score (nSPS) is 10.7. The van der Waals surface area contributed by atoms with Crippen molar-refractivity contribution in [3.05, 3.63) is 48.0 Å². The van der Waals surface area contributed by atoms with E-state index in [9.17, 15) is 4.79 Å². The van der Waals surface area contributed by atoms with Crippen LogP contribution in [0.3, 0.4) is 0 Å². The van der Waals surface area contributed by atoms with Gasteiger partial charge in [0.05, 0.1) is 16.9 Å². The van der Waals surface area contributed by atoms with Gasteiger partial charge >= 0.3 is 0 Å². The maximum absolute atomic E-state index is 12.6. The molecular formula is C18H23N7O. The predicted molar refractivity (Wildman–Crippen MR) is 105 cm³/mol. The number of anilines is 3. The standard InChI is InChI=1S/C18H23N7O/c1-25-16-6-3-2-5-13(16)17(24-25)22-18(26)12-7-8-14(15(11-12)23-20)21-10-4-9-19/h2-3,5-8,11,21,23H,4,9-10,19-20H2,1H3,(H,22,24,26). The first-order valence-corrected chi connectivity index (χ1v) is 8.41. The number of carbonyl (C=O) groups is 1. The first-order valence-electron chi connectivity index (χ1n) is 8.41. The van der Waals surface area contributed by atoms with Crippen molar-refractivity contribution in [3.8, 4) is 0 Å². The summed E-state index contributed by atoms with van der Waals surface area (Å²) < 4.78 is 1.74. The van der Waals surface area contributed by atoms with E-state index in [-0.39, 0.29) is 5.91 Å². The summed E-state index contributed by atoms with van der Waals surface area (Å²) in [5, 5.41) is 11.4. The molecular weight excluding hydrogens is 330 g/mol. The van der Waals surface area contributed by atoms with E-state index in [1.54, 1.807) is 16.8 Å². The van der Waals surface area contributed by atoms with Crippen molar-refractivity contribution in [1.29, 1.82) is 0 Å². The second-order valence-corrected chi connectivity index (χ2v) is 5.92. The summed E-state index contributed by atoms with van der Waals surface area (Å²) in [6.07, 6.45) is 0.846. The summed E-state index contributed by atoms with van der Waals surface area (Å²) in [5.74, 6) is 5.87. The molecule has 0 atom stereocenters. The Balaban J connectivity index is 1.81. The van der Waals surface area contributed by atoms with Crippen LogP contribution in [0.15, 0.2) is 42.5 Å². The fourth-order valence-electron chi connectivity index (χ4n) is 2.77. The minimum absolute atomic E-state index is 0.251. The van der Waals surface area contributed by atoms with Gasteiger partial charge in [-0.05, 0) is 43.3 Å². The number of nitrogens with two attached hydrogens (primary N) is 2. The van der Waals surface area contributed by atoms with Crippen molar-refractivity contribution in [2.24, 2.45) is 18.6 Å². The lowest BCUT2D eigenvalue weighted by Crippen LogP contribution is -2.16. The second-order valence-electron chi connectivity index (χ2n) is 5.92. The Labute approximate surface area is 151 Å². The predicted octanol–water partition coefficient (Wildman–Crippen LogP) is 1.87. The Morgan fingerprint density at radius 3 is 2.77 bits per heavy atom. The van der Waals surface area contributed by atoms with Crippen LogP contribution in [0.25, 0.3) is 10.9 Å². The average molecular weight is 353 g/mol. The molecule has 0 saturated heterocycles. The number of fused-ring (bicyclic) bond motifs is 1. The third kappa shape index (κ3) is 3.61. The second kappa shape index (κ2) is 7.85. The third-order valence-corrected chi connectivity index (χ3v) is 4.12. The SMILES string of the molecule is Cn1nc(NC(=O)c2ccc(NCCCN)c(NN)c2)c2ccccc21. The number of aryl methyl sites for hydroxylation is 1. The van der Waals surface area contributed by atoms with Gasteiger partial charge in [0.25, 0.3) is 5.91 Å². The third-order valence-electron chi connectivity index (χ3n) is 4.12. The summed E-state index contributed by atoms with van der Waals surface area (Å²) in [4.78, 5) is 12.6. The molecule has 0 fully saturated rings. The number of hydrogen-bond acceptors (Lipinski definition) is 6. The molecule has 8 nitrogen and oxygen atoms in total. The van der Waals surface area contributed by atoms with Crippen LogP contribution in [0.1, 0.15) is 16.8 Å². The molecule has 1 amide bonds. The van der Waals surface area contributed by atoms with Crippen molar-refractivity contribution in [1.82, 2.24) is 9.78 Å². The van der Waals surface area contributed by atoms with Crippen LogP contribution in [0, 0.1) is 0 Å². The van der Waals surface area contributed by atoms with Gasteiger partial charge in [0.15, 0.2) is 5.82 Å². The van der Waals surface area contributed by atoms with Gasteiger partial charge in [-0.15, -0.1) is 0 Å². The molecule has 0 spiro atoms. The Morgan fingerprint density at radius 1 is 1.19 bits per heavy atom. The van der Waals surface area contributed by atoms with Gasteiger partial charge in [-0.3, -0.25) is 15.3 Å². The monoisotopic (exact) mass is 353 g/mol. The number of benzene rings is 2. The number of carbonyl (C=O) groups excluding carboxylic acids is 1. The Hall–Kier alpha value is -3.10. The topological polar surface area (TPSA) is 123 Å². The molecule has 0 radical (unpaired) electrons. The van der Waals surface area contributed by atoms with E-state index in [1.807, 2.05) is 37.4 Å². The minimum Gasteiger partial charge on any atom is -0.383 e. The smallest absolute Gasteiger partial charge is 0.256 e. The zero-order valence-corrected chi connectivity index (χ0v) is 14.6. The highest BCUT2D eigenvalue weighted by Gasteiger charge is 2.14. The quantitative estimate of drug-likeness (QED) is 0.251. The molecule has 0 bridgehead atoms. The van der Waals surface area contributed by atoms with Crippen LogP contribution < -0.4 is 27.6 Å². The van der Waals surface area contributed by atoms with Crippen LogP contribution in [0.5, 0.6) is 0 Å². The molecule has 3 rings (SSSR count). The van der Waals surface area contributed by atoms with Crippen molar-refractivity contribution < 1.29 is 4.79 Å². The zero-order valence-electron chi connectivity index (χ0n) is 14.6. The molecule has 0 aliphatic heterocycles. The van der Waals surface area contributed by atoms with E-state index in [4.69, 9.17) is 11.6 Å². The van der Waals surface area contributed by atoms with Crippen LogP contribution in [-0.4, -0.2) is 28.8 Å². The molecule has 26 heavy (non-hydrogen) atoms. The van der Waals surface area contributed by atoms with Crippen LogP contribution >= 0.6 is 0 Å². The number of aromatic nitrogens is 2. The number of nitrogens with one attached hydrogen (secondary N) is 3. The zero-order chi connectivity index (χ0) is 18.5. The first kappa shape index (κ1) is 17.7. The van der Waals surface area contributed by atoms with Gasteiger partial charge in [-0.1, -0.05) is 12.1 Å². The lowest BCUT2D eigenvalue weighted by Gasteiger charge is -2.13. The lowest BCUT2D eigenvalue weighted by atomic mass is 10.1. The number of hydrazine groups is 1. The highest BCUT2D eigenvalue weighted by atomic mass is 16.1. The molecule has 1 aromatic heterocycles. The molecule has 2 aromatic carbocycles. The van der Waals surface area contributed by atoms with E-state index >= 15 is 0 Å². The van der Waals surface area contributed by atoms with Gasteiger partial charge in [-0.2, -0.15) is 5.10 Å². The summed E-state index contributed by atoms with van der Waals surface area (Å²) in [6, 6.07) is 13.0. The number of para-hydroxylation sites is 1. The highest BCUT2D eigenvalue weighted by Crippen LogP contribution is 2.25. The molecule has 8 heteroatoms. The Morgan fingerprint density at radius 2 is 2.00 bits per heavy atom. The molecule has 0 unspecified atom stereocenters. The van der Waals surface area contributed by atoms with Crippen molar-refractivity contribution in [2.45, 2.75) is 6.42 Å². The molecule has 1 heterocycles. The van der Waals surface area contributed by atoms with Gasteiger partial charge < -0.3 is 21.8 Å². The minimum atomic E-state index is -0.251. The Bertz CT molecular complexity index is 919. The highest BCUT2D eigenvalue weighted by molar-refractivity contribution is 6.08. The fourth-order valence-corrected chi connectivity index (χ4v) is 2.77. The number of amides is 1. The van der Waals surface area contributed by atoms with E-state index in [0.717, 1.165) is 29.6 Å². The number of hydrogen-bond donors (Lipinski definition) is 5. The van der Waals surface area contributed by atoms with E-state index in [2.05, 4.69) is 21.2 Å². The van der Waals surface area contributed by atoms with E-state index < -0.39 is 0 Å². The first-order chi connectivity index (χ1) is 12.6. The molecule has 7 N–H and O–H groups in total. The Kier molecular flexibility index (Phi) is 5.35. The van der Waals surface area contributed by atoms with Crippen LogP contribution in [-0.2, 0) is 7.05 Å². The van der Waals surface area contributed by atoms with E-state index in [1.165, 1.54) is 0 Å².